The van der Waals surface area contributed by atoms with Crippen molar-refractivity contribution in [1.29, 1.82) is 0 Å². The van der Waals surface area contributed by atoms with Crippen LogP contribution in [0.15, 0.2) is 51.7 Å². The third-order valence-electron chi connectivity index (χ3n) is 3.46. The molecule has 0 aliphatic rings. The Labute approximate surface area is 142 Å². The topological polar surface area (TPSA) is 76.7 Å². The van der Waals surface area contributed by atoms with E-state index in [9.17, 15) is 9.59 Å². The third-order valence-corrected chi connectivity index (χ3v) is 3.79. The van der Waals surface area contributed by atoms with Crippen LogP contribution in [-0.2, 0) is 4.79 Å². The van der Waals surface area contributed by atoms with Crippen molar-refractivity contribution in [3.05, 3.63) is 63.3 Å². The first-order chi connectivity index (χ1) is 11.5. The second-order valence-corrected chi connectivity index (χ2v) is 5.66. The van der Waals surface area contributed by atoms with Crippen LogP contribution >= 0.6 is 11.6 Å². The summed E-state index contributed by atoms with van der Waals surface area (Å²) in [6.45, 7) is 1.19. The van der Waals surface area contributed by atoms with Crippen LogP contribution in [0.5, 0.6) is 5.75 Å². The van der Waals surface area contributed by atoms with Gasteiger partial charge in [-0.25, -0.2) is 4.79 Å². The molecule has 0 spiro atoms. The van der Waals surface area contributed by atoms with Gasteiger partial charge in [0.05, 0.1) is 10.4 Å². The predicted octanol–water partition coefficient (Wildman–Crippen LogP) is 3.89. The molecule has 3 rings (SSSR count). The Hall–Kier alpha value is -2.79. The van der Waals surface area contributed by atoms with Crippen molar-refractivity contribution < 1.29 is 19.1 Å². The van der Waals surface area contributed by atoms with Crippen LogP contribution in [-0.4, -0.2) is 17.7 Å². The highest BCUT2D eigenvalue weighted by Gasteiger charge is 2.20. The molecule has 0 radical (unpaired) electrons. The molecular formula is C18H13ClO5. The molecule has 122 valence electrons. The Balaban J connectivity index is 2.31. The van der Waals surface area contributed by atoms with Crippen LogP contribution < -0.4 is 10.2 Å². The molecule has 0 fully saturated rings. The largest absolute Gasteiger partial charge is 0.479 e. The maximum absolute atomic E-state index is 12.8. The molecule has 0 amide bonds. The van der Waals surface area contributed by atoms with Gasteiger partial charge in [0.25, 0.3) is 0 Å². The van der Waals surface area contributed by atoms with Crippen LogP contribution in [0.1, 0.15) is 5.56 Å². The minimum atomic E-state index is -1.19. The molecule has 0 saturated carbocycles. The standard InChI is InChI=1S/C18H13ClO5/c1-10-6-7-14-12(8-10)16(22)18(23-9-15(20)21)17(24-14)11-4-2-3-5-13(11)19/h2-8H,9H2,1H3,(H,20,21). The highest BCUT2D eigenvalue weighted by Crippen LogP contribution is 2.35. The molecule has 0 aliphatic carbocycles. The van der Waals surface area contributed by atoms with Gasteiger partial charge < -0.3 is 14.3 Å². The minimum absolute atomic E-state index is 0.114. The summed E-state index contributed by atoms with van der Waals surface area (Å²) in [6.07, 6.45) is 0. The highest BCUT2D eigenvalue weighted by molar-refractivity contribution is 6.33. The molecule has 0 bridgehead atoms. The Morgan fingerprint density at radius 2 is 2.00 bits per heavy atom. The summed E-state index contributed by atoms with van der Waals surface area (Å²) < 4.78 is 11.0. The van der Waals surface area contributed by atoms with Crippen molar-refractivity contribution in [2.24, 2.45) is 0 Å². The smallest absolute Gasteiger partial charge is 0.341 e. The Morgan fingerprint density at radius 1 is 1.25 bits per heavy atom. The molecule has 1 aromatic heterocycles. The number of carbonyl (C=O) groups is 1. The van der Waals surface area contributed by atoms with Crippen LogP contribution in [0.3, 0.4) is 0 Å². The van der Waals surface area contributed by atoms with Gasteiger partial charge in [0, 0.05) is 5.56 Å². The molecule has 0 unspecified atom stereocenters. The second kappa shape index (κ2) is 6.37. The lowest BCUT2D eigenvalue weighted by atomic mass is 10.1. The van der Waals surface area contributed by atoms with Crippen LogP contribution in [0.2, 0.25) is 5.02 Å². The fraction of sp³-hybridized carbons (Fsp3) is 0.111. The van der Waals surface area contributed by atoms with E-state index in [0.717, 1.165) is 5.56 Å². The molecular weight excluding hydrogens is 332 g/mol. The summed E-state index contributed by atoms with van der Waals surface area (Å²) in [6, 6.07) is 12.0. The summed E-state index contributed by atoms with van der Waals surface area (Å²) in [5.41, 5.74) is 1.28. The Kier molecular flexibility index (Phi) is 4.27. The van der Waals surface area contributed by atoms with Gasteiger partial charge in [0.1, 0.15) is 5.58 Å². The lowest BCUT2D eigenvalue weighted by Gasteiger charge is -2.11. The zero-order chi connectivity index (χ0) is 17.3. The van der Waals surface area contributed by atoms with Gasteiger partial charge in [-0.05, 0) is 31.2 Å². The lowest BCUT2D eigenvalue weighted by Crippen LogP contribution is -2.16. The third kappa shape index (κ3) is 2.98. The summed E-state index contributed by atoms with van der Waals surface area (Å²) in [7, 11) is 0. The van der Waals surface area contributed by atoms with E-state index < -0.39 is 18.0 Å². The number of aliphatic carboxylic acids is 1. The maximum Gasteiger partial charge on any atom is 0.341 e. The number of hydrogen-bond acceptors (Lipinski definition) is 4. The molecule has 0 aliphatic heterocycles. The highest BCUT2D eigenvalue weighted by atomic mass is 35.5. The van der Waals surface area contributed by atoms with E-state index in [-0.39, 0.29) is 11.5 Å². The molecule has 6 heteroatoms. The van der Waals surface area contributed by atoms with E-state index in [4.69, 9.17) is 25.9 Å². The molecule has 3 aromatic rings. The van der Waals surface area contributed by atoms with Gasteiger partial charge in [-0.2, -0.15) is 0 Å². The number of carboxylic acid groups (broad SMARTS) is 1. The fourth-order valence-corrected chi connectivity index (χ4v) is 2.60. The average molecular weight is 345 g/mol. The molecule has 5 nitrogen and oxygen atoms in total. The van der Waals surface area contributed by atoms with Crippen LogP contribution in [0.4, 0.5) is 0 Å². The SMILES string of the molecule is Cc1ccc2oc(-c3ccccc3Cl)c(OCC(=O)O)c(=O)c2c1. The quantitative estimate of drug-likeness (QED) is 0.777. The van der Waals surface area contributed by atoms with E-state index in [1.54, 1.807) is 36.4 Å². The van der Waals surface area contributed by atoms with Crippen molar-refractivity contribution in [2.45, 2.75) is 6.92 Å². The fourth-order valence-electron chi connectivity index (χ4n) is 2.38. The van der Waals surface area contributed by atoms with Gasteiger partial charge in [0.15, 0.2) is 12.4 Å². The lowest BCUT2D eigenvalue weighted by molar-refractivity contribution is -0.139. The first-order valence-corrected chi connectivity index (χ1v) is 7.52. The molecule has 24 heavy (non-hydrogen) atoms. The summed E-state index contributed by atoms with van der Waals surface area (Å²) >= 11 is 6.19. The zero-order valence-electron chi connectivity index (χ0n) is 12.7. The summed E-state index contributed by atoms with van der Waals surface area (Å²) in [5, 5.41) is 9.55. The monoisotopic (exact) mass is 344 g/mol. The minimum Gasteiger partial charge on any atom is -0.479 e. The van der Waals surface area contributed by atoms with Gasteiger partial charge in [-0.15, -0.1) is 0 Å². The predicted molar refractivity (Wildman–Crippen MR) is 90.8 cm³/mol. The normalized spacial score (nSPS) is 10.8. The van der Waals surface area contributed by atoms with Crippen molar-refractivity contribution in [2.75, 3.05) is 6.61 Å². The van der Waals surface area contributed by atoms with E-state index in [1.807, 2.05) is 13.0 Å². The van der Waals surface area contributed by atoms with Gasteiger partial charge >= 0.3 is 5.97 Å². The second-order valence-electron chi connectivity index (χ2n) is 5.25. The summed E-state index contributed by atoms with van der Waals surface area (Å²) in [4.78, 5) is 23.6. The number of hydrogen-bond donors (Lipinski definition) is 1. The Bertz CT molecular complexity index is 990. The van der Waals surface area contributed by atoms with Crippen molar-refractivity contribution >= 4 is 28.5 Å². The number of ether oxygens (including phenoxy) is 1. The molecule has 2 aromatic carbocycles. The maximum atomic E-state index is 12.8. The van der Waals surface area contributed by atoms with Gasteiger partial charge in [-0.3, -0.25) is 4.79 Å². The van der Waals surface area contributed by atoms with Crippen molar-refractivity contribution in [3.8, 4) is 17.1 Å². The number of halogens is 1. The van der Waals surface area contributed by atoms with Crippen LogP contribution in [0.25, 0.3) is 22.3 Å². The van der Waals surface area contributed by atoms with E-state index in [2.05, 4.69) is 0 Å². The van der Waals surface area contributed by atoms with E-state index >= 15 is 0 Å². The van der Waals surface area contributed by atoms with E-state index in [0.29, 0.717) is 21.6 Å². The molecule has 0 atom stereocenters. The summed E-state index contributed by atoms with van der Waals surface area (Å²) in [5.74, 6) is -1.24. The van der Waals surface area contributed by atoms with E-state index in [1.165, 1.54) is 0 Å². The van der Waals surface area contributed by atoms with Crippen molar-refractivity contribution in [1.82, 2.24) is 0 Å². The van der Waals surface area contributed by atoms with Crippen molar-refractivity contribution in [3.63, 3.8) is 0 Å². The molecule has 1 N–H and O–H groups in total. The first-order valence-electron chi connectivity index (χ1n) is 7.14. The number of benzene rings is 2. The molecule has 1 heterocycles. The number of aryl methyl sites for hydroxylation is 1. The number of fused-ring (bicyclic) bond motifs is 1. The number of rotatable bonds is 4. The Morgan fingerprint density at radius 3 is 2.71 bits per heavy atom. The number of carboxylic acids is 1. The zero-order valence-corrected chi connectivity index (χ0v) is 13.5. The average Bonchev–Trinajstić information content (AvgIpc) is 2.55. The van der Waals surface area contributed by atoms with Gasteiger partial charge in [-0.1, -0.05) is 35.4 Å². The van der Waals surface area contributed by atoms with Crippen LogP contribution in [0, 0.1) is 6.92 Å². The first kappa shape index (κ1) is 16.1. The molecule has 0 saturated heterocycles. The van der Waals surface area contributed by atoms with Gasteiger partial charge in [0.2, 0.25) is 11.2 Å².